The lowest BCUT2D eigenvalue weighted by Crippen LogP contribution is -1.99. The molecule has 4 aromatic rings. The van der Waals surface area contributed by atoms with Crippen LogP contribution in [0.2, 0.25) is 0 Å². The molecule has 0 aliphatic heterocycles. The fourth-order valence-electron chi connectivity index (χ4n) is 2.71. The fourth-order valence-corrected chi connectivity index (χ4v) is 2.71. The number of benzene rings is 2. The Morgan fingerprint density at radius 1 is 0.727 bits per heavy atom. The molecular formula is C27H30F2N2O2. The quantitative estimate of drug-likeness (QED) is 0.292. The van der Waals surface area contributed by atoms with Crippen LogP contribution in [-0.2, 0) is 13.2 Å². The summed E-state index contributed by atoms with van der Waals surface area (Å²) < 4.78 is 37.0. The van der Waals surface area contributed by atoms with Gasteiger partial charge in [0.2, 0.25) is 5.95 Å². The van der Waals surface area contributed by atoms with E-state index in [0.717, 1.165) is 16.7 Å². The molecule has 0 atom stereocenters. The number of halogens is 2. The zero-order chi connectivity index (χ0) is 22.8. The minimum Gasteiger partial charge on any atom is -0.487 e. The van der Waals surface area contributed by atoms with Crippen molar-refractivity contribution in [2.75, 3.05) is 0 Å². The largest absolute Gasteiger partial charge is 0.487 e. The Morgan fingerprint density at radius 3 is 1.85 bits per heavy atom. The molecule has 0 amide bonds. The first-order valence-corrected chi connectivity index (χ1v) is 10.1. The summed E-state index contributed by atoms with van der Waals surface area (Å²) in [5, 5.41) is 0. The van der Waals surface area contributed by atoms with Crippen molar-refractivity contribution in [3.05, 3.63) is 119 Å². The Morgan fingerprint density at radius 2 is 1.27 bits per heavy atom. The molecule has 4 rings (SSSR count). The van der Waals surface area contributed by atoms with Gasteiger partial charge >= 0.3 is 0 Å². The lowest BCUT2D eigenvalue weighted by molar-refractivity contribution is 0.285. The number of hydrogen-bond acceptors (Lipinski definition) is 4. The molecule has 0 aliphatic carbocycles. The minimum absolute atomic E-state index is 0. The van der Waals surface area contributed by atoms with E-state index in [-0.39, 0.29) is 14.6 Å². The summed E-state index contributed by atoms with van der Waals surface area (Å²) in [6, 6.07) is 22.7. The summed E-state index contributed by atoms with van der Waals surface area (Å²) in [5.74, 6) is -0.236. The number of aryl methyl sites for hydroxylation is 2. The first kappa shape index (κ1) is 25.5. The van der Waals surface area contributed by atoms with Crippen LogP contribution in [0.5, 0.6) is 11.5 Å². The predicted molar refractivity (Wildman–Crippen MR) is 128 cm³/mol. The van der Waals surface area contributed by atoms with Gasteiger partial charge in [-0.3, -0.25) is 0 Å². The van der Waals surface area contributed by atoms with Gasteiger partial charge in [-0.2, -0.15) is 8.78 Å². The maximum absolute atomic E-state index is 13.2. The van der Waals surface area contributed by atoms with Crippen molar-refractivity contribution in [2.45, 2.75) is 34.5 Å². The SMILES string of the molecule is C.Cc1cc(OCc2ccccc2)cnc1F.Cc1cnc(F)c(OCc2ccccc2)c1.[2HH]. The highest BCUT2D eigenvalue weighted by atomic mass is 19.1. The molecule has 4 nitrogen and oxygen atoms in total. The lowest BCUT2D eigenvalue weighted by Gasteiger charge is -2.07. The first-order valence-electron chi connectivity index (χ1n) is 10.1. The third-order valence-corrected chi connectivity index (χ3v) is 4.42. The van der Waals surface area contributed by atoms with Crippen LogP contribution >= 0.6 is 0 Å². The zero-order valence-electron chi connectivity index (χ0n) is 18.0. The number of nitrogens with zero attached hydrogens (tertiary/aromatic N) is 2. The van der Waals surface area contributed by atoms with Crippen molar-refractivity contribution >= 4 is 0 Å². The Hall–Kier alpha value is -3.80. The molecular weight excluding hydrogens is 422 g/mol. The highest BCUT2D eigenvalue weighted by Crippen LogP contribution is 2.17. The molecule has 0 N–H and O–H groups in total. The molecule has 2 aromatic carbocycles. The molecule has 2 heterocycles. The summed E-state index contributed by atoms with van der Waals surface area (Å²) in [4.78, 5) is 7.20. The van der Waals surface area contributed by atoms with Crippen molar-refractivity contribution < 1.29 is 19.7 Å². The van der Waals surface area contributed by atoms with Gasteiger partial charge in [-0.1, -0.05) is 68.1 Å². The van der Waals surface area contributed by atoms with Gasteiger partial charge in [0.15, 0.2) is 5.75 Å². The predicted octanol–water partition coefficient (Wildman–Crippen LogP) is 7.10. The van der Waals surface area contributed by atoms with Gasteiger partial charge in [0, 0.05) is 13.2 Å². The molecule has 0 aliphatic rings. The maximum atomic E-state index is 13.2. The summed E-state index contributed by atoms with van der Waals surface area (Å²) in [6.45, 7) is 4.33. The van der Waals surface area contributed by atoms with Crippen molar-refractivity contribution in [3.63, 3.8) is 0 Å². The Balaban J connectivity index is 0.000000321. The standard InChI is InChI=1S/2C13H12FNO.CH4.H2/c1-10-7-12(8-15-13(10)14)16-9-11-5-3-2-4-6-11;1-10-7-12(13(14)15-8-10)16-9-11-5-3-2-4-6-11;;/h2*2-8H,9H2,1H3;1H4;1H/i;;;1+1. The number of aromatic nitrogens is 2. The highest BCUT2D eigenvalue weighted by molar-refractivity contribution is 5.25. The van der Waals surface area contributed by atoms with E-state index in [9.17, 15) is 8.78 Å². The van der Waals surface area contributed by atoms with Crippen molar-refractivity contribution in [3.8, 4) is 11.5 Å². The van der Waals surface area contributed by atoms with Gasteiger partial charge in [0.05, 0.1) is 6.20 Å². The third kappa shape index (κ3) is 8.33. The van der Waals surface area contributed by atoms with E-state index in [1.165, 1.54) is 12.4 Å². The number of hydrogen-bond donors (Lipinski definition) is 0. The number of pyridine rings is 2. The lowest BCUT2D eigenvalue weighted by atomic mass is 10.2. The second-order valence-electron chi connectivity index (χ2n) is 7.13. The maximum Gasteiger partial charge on any atom is 0.255 e. The average molecular weight is 454 g/mol. The fraction of sp³-hybridized carbons (Fsp3) is 0.185. The molecule has 0 saturated heterocycles. The molecule has 0 radical (unpaired) electrons. The monoisotopic (exact) mass is 453 g/mol. The third-order valence-electron chi connectivity index (χ3n) is 4.42. The van der Waals surface area contributed by atoms with E-state index in [1.54, 1.807) is 19.1 Å². The summed E-state index contributed by atoms with van der Waals surface area (Å²) in [6.07, 6.45) is 2.87. The first-order chi connectivity index (χ1) is 15.5. The molecule has 174 valence electrons. The van der Waals surface area contributed by atoms with E-state index >= 15 is 0 Å². The minimum atomic E-state index is -0.568. The van der Waals surface area contributed by atoms with Crippen LogP contribution < -0.4 is 9.47 Å². The Kier molecular flexibility index (Phi) is 9.96. The zero-order valence-corrected chi connectivity index (χ0v) is 18.0. The van der Waals surface area contributed by atoms with Crippen LogP contribution in [0.4, 0.5) is 8.78 Å². The van der Waals surface area contributed by atoms with Gasteiger partial charge < -0.3 is 9.47 Å². The molecule has 0 saturated carbocycles. The van der Waals surface area contributed by atoms with Gasteiger partial charge in [-0.05, 0) is 42.7 Å². The summed E-state index contributed by atoms with van der Waals surface area (Å²) >= 11 is 0. The topological polar surface area (TPSA) is 44.2 Å². The van der Waals surface area contributed by atoms with Gasteiger partial charge in [0.25, 0.3) is 5.95 Å². The van der Waals surface area contributed by atoms with Crippen LogP contribution in [0.1, 0.15) is 31.1 Å². The molecule has 0 spiro atoms. The highest BCUT2D eigenvalue weighted by Gasteiger charge is 2.05. The molecule has 33 heavy (non-hydrogen) atoms. The van der Waals surface area contributed by atoms with Crippen LogP contribution in [0.25, 0.3) is 0 Å². The molecule has 6 heteroatoms. The smallest absolute Gasteiger partial charge is 0.255 e. The van der Waals surface area contributed by atoms with Crippen molar-refractivity contribution in [2.24, 2.45) is 0 Å². The van der Waals surface area contributed by atoms with E-state index in [1.807, 2.05) is 67.6 Å². The molecule has 0 bridgehead atoms. The van der Waals surface area contributed by atoms with E-state index in [0.29, 0.717) is 24.5 Å². The van der Waals surface area contributed by atoms with Crippen LogP contribution in [-0.4, -0.2) is 9.97 Å². The van der Waals surface area contributed by atoms with Crippen LogP contribution in [0.15, 0.2) is 85.2 Å². The van der Waals surface area contributed by atoms with E-state index < -0.39 is 11.9 Å². The summed E-state index contributed by atoms with van der Waals surface area (Å²) in [7, 11) is 0. The van der Waals surface area contributed by atoms with Crippen molar-refractivity contribution in [1.82, 2.24) is 9.97 Å². The summed E-state index contributed by atoms with van der Waals surface area (Å²) in [5.41, 5.74) is 3.45. The normalized spacial score (nSPS) is 9.82. The van der Waals surface area contributed by atoms with Crippen molar-refractivity contribution in [1.29, 1.82) is 0 Å². The number of ether oxygens (including phenoxy) is 2. The Bertz CT molecular complexity index is 1130. The average Bonchev–Trinajstić information content (AvgIpc) is 2.82. The Labute approximate surface area is 195 Å². The van der Waals surface area contributed by atoms with Crippen LogP contribution in [0.3, 0.4) is 0 Å². The van der Waals surface area contributed by atoms with E-state index in [4.69, 9.17) is 9.47 Å². The van der Waals surface area contributed by atoms with Gasteiger partial charge in [0.1, 0.15) is 19.0 Å². The van der Waals surface area contributed by atoms with Gasteiger partial charge in [-0.25, -0.2) is 9.97 Å². The molecule has 0 unspecified atom stereocenters. The number of rotatable bonds is 6. The molecule has 0 fully saturated rings. The van der Waals surface area contributed by atoms with E-state index in [2.05, 4.69) is 9.97 Å². The second kappa shape index (κ2) is 12.9. The molecule has 2 aromatic heterocycles. The van der Waals surface area contributed by atoms with Gasteiger partial charge in [-0.15, -0.1) is 0 Å². The second-order valence-corrected chi connectivity index (χ2v) is 7.13. The van der Waals surface area contributed by atoms with Crippen LogP contribution in [0, 0.1) is 25.7 Å².